The molecule has 7 aromatic carbocycles. The molecule has 0 radical (unpaired) electrons. The molecular weight excluding hydrogens is 1080 g/mol. The molecule has 0 aliphatic carbocycles. The van der Waals surface area contributed by atoms with Gasteiger partial charge in [-0.3, -0.25) is 0 Å². The Morgan fingerprint density at radius 3 is 1.72 bits per heavy atom. The summed E-state index contributed by atoms with van der Waals surface area (Å²) in [4.78, 5) is 9.58. The Bertz CT molecular complexity index is 3510. The van der Waals surface area contributed by atoms with Crippen molar-refractivity contribution in [3.8, 4) is 28.4 Å². The summed E-state index contributed by atoms with van der Waals surface area (Å²) in [6, 6.07) is 66.7. The molecular formula is C68H69N4OPt-3. The van der Waals surface area contributed by atoms with E-state index in [-0.39, 0.29) is 48.1 Å². The summed E-state index contributed by atoms with van der Waals surface area (Å²) in [7, 11) is 0. The van der Waals surface area contributed by atoms with Gasteiger partial charge in [0.25, 0.3) is 0 Å². The molecule has 0 N–H and O–H groups in total. The molecule has 0 bridgehead atoms. The van der Waals surface area contributed by atoms with E-state index in [4.69, 9.17) is 9.72 Å². The summed E-state index contributed by atoms with van der Waals surface area (Å²) in [6.07, 6.45) is 4.19. The van der Waals surface area contributed by atoms with E-state index in [0.29, 0.717) is 11.5 Å². The molecule has 1 aliphatic heterocycles. The minimum Gasteiger partial charge on any atom is -0.509 e. The molecule has 6 heteroatoms. The topological polar surface area (TPSA) is 33.5 Å². The molecule has 0 amide bonds. The first-order chi connectivity index (χ1) is 34.6. The first-order valence-electron chi connectivity index (χ1n) is 25.8. The summed E-state index contributed by atoms with van der Waals surface area (Å²) in [5, 5.41) is 2.23. The van der Waals surface area contributed by atoms with Gasteiger partial charge in [0.15, 0.2) is 0 Å². The molecule has 5 nitrogen and oxygen atoms in total. The Morgan fingerprint density at radius 1 is 0.473 bits per heavy atom. The van der Waals surface area contributed by atoms with Crippen LogP contribution in [-0.2, 0) is 42.7 Å². The van der Waals surface area contributed by atoms with Gasteiger partial charge in [-0.25, -0.2) is 4.98 Å². The van der Waals surface area contributed by atoms with Gasteiger partial charge in [0.1, 0.15) is 5.82 Å². The number of aromatic nitrogens is 2. The van der Waals surface area contributed by atoms with Crippen molar-refractivity contribution in [1.82, 2.24) is 9.55 Å². The number of fused-ring (bicyclic) bond motifs is 3. The number of hydrogen-bond donors (Lipinski definition) is 0. The van der Waals surface area contributed by atoms with Crippen molar-refractivity contribution in [3.63, 3.8) is 0 Å². The number of benzene rings is 7. The van der Waals surface area contributed by atoms with Crippen molar-refractivity contribution < 1.29 is 25.8 Å². The Hall–Kier alpha value is -6.68. The zero-order valence-corrected chi connectivity index (χ0v) is 47.6. The van der Waals surface area contributed by atoms with Crippen molar-refractivity contribution in [3.05, 3.63) is 234 Å². The van der Waals surface area contributed by atoms with Crippen molar-refractivity contribution in [2.24, 2.45) is 5.41 Å². The van der Waals surface area contributed by atoms with Crippen LogP contribution in [0.3, 0.4) is 0 Å². The van der Waals surface area contributed by atoms with E-state index in [0.717, 1.165) is 44.6 Å². The zero-order chi connectivity index (χ0) is 51.7. The van der Waals surface area contributed by atoms with E-state index in [1.807, 2.05) is 12.3 Å². The summed E-state index contributed by atoms with van der Waals surface area (Å²) in [6.45, 7) is 31.8. The number of nitrogens with zero attached hydrogens (tertiary/aromatic N) is 4. The molecule has 0 unspecified atom stereocenters. The van der Waals surface area contributed by atoms with Crippen LogP contribution in [0.4, 0.5) is 11.4 Å². The van der Waals surface area contributed by atoms with Crippen LogP contribution < -0.4 is 14.5 Å². The fourth-order valence-corrected chi connectivity index (χ4v) is 10.1. The first-order valence-corrected chi connectivity index (χ1v) is 25.8. The molecule has 0 fully saturated rings. The van der Waals surface area contributed by atoms with Crippen molar-refractivity contribution >= 4 is 33.2 Å². The quantitative estimate of drug-likeness (QED) is 0.128. The van der Waals surface area contributed by atoms with Gasteiger partial charge in [-0.15, -0.1) is 53.6 Å². The Kier molecular flexibility index (Phi) is 13.8. The second-order valence-corrected chi connectivity index (χ2v) is 24.0. The molecule has 0 atom stereocenters. The predicted molar refractivity (Wildman–Crippen MR) is 306 cm³/mol. The second kappa shape index (κ2) is 19.5. The van der Waals surface area contributed by atoms with Crippen molar-refractivity contribution in [2.45, 2.75) is 112 Å². The molecule has 10 rings (SSSR count). The number of allylic oxidation sites excluding steroid dienone is 1. The van der Waals surface area contributed by atoms with Crippen LogP contribution in [0.1, 0.15) is 123 Å². The maximum absolute atomic E-state index is 6.97. The number of ether oxygens (including phenoxy) is 1. The third-order valence-corrected chi connectivity index (χ3v) is 15.0. The van der Waals surface area contributed by atoms with Gasteiger partial charge in [-0.1, -0.05) is 205 Å². The van der Waals surface area contributed by atoms with Gasteiger partial charge in [0, 0.05) is 71.9 Å². The third kappa shape index (κ3) is 10.1. The van der Waals surface area contributed by atoms with E-state index in [9.17, 15) is 0 Å². The SMILES string of the molecule is CC(C)(C)C1=CN(c2[c-]c(Oc3[c-]c4c(cc3)c3cc(C(C)(C)c5ccccc5)ccc3n4-c3cc(C(C)(C)C)ccn3)cc(C(C)(C)C)c2)[CH-]N1c1cc(-c2ccccc2)cc(C(C)(C)c2ccccc2)c1.[Pt]. The number of pyridine rings is 1. The van der Waals surface area contributed by atoms with Crippen LogP contribution in [0.25, 0.3) is 38.8 Å². The predicted octanol–water partition coefficient (Wildman–Crippen LogP) is 17.8. The molecule has 0 saturated carbocycles. The first kappa shape index (κ1) is 52.2. The largest absolute Gasteiger partial charge is 0.509 e. The van der Waals surface area contributed by atoms with Crippen LogP contribution in [-0.4, -0.2) is 9.55 Å². The summed E-state index contributed by atoms with van der Waals surface area (Å²) >= 11 is 0. The van der Waals surface area contributed by atoms with E-state index < -0.39 is 0 Å². The van der Waals surface area contributed by atoms with Crippen LogP contribution in [0.15, 0.2) is 182 Å². The summed E-state index contributed by atoms with van der Waals surface area (Å²) < 4.78 is 9.22. The Balaban J connectivity index is 0.00000672. The van der Waals surface area contributed by atoms with Gasteiger partial charge in [-0.05, 0) is 91.7 Å². The fourth-order valence-electron chi connectivity index (χ4n) is 10.1. The van der Waals surface area contributed by atoms with Gasteiger partial charge < -0.3 is 19.1 Å². The van der Waals surface area contributed by atoms with Crippen LogP contribution in [0.2, 0.25) is 0 Å². The Labute approximate surface area is 455 Å². The molecule has 74 heavy (non-hydrogen) atoms. The monoisotopic (exact) mass is 1150 g/mol. The smallest absolute Gasteiger partial charge is 0.135 e. The van der Waals surface area contributed by atoms with Gasteiger partial charge in [-0.2, -0.15) is 6.07 Å². The average molecular weight is 1150 g/mol. The minimum atomic E-state index is -0.253. The number of hydrogen-bond acceptors (Lipinski definition) is 4. The maximum atomic E-state index is 6.97. The number of anilines is 2. The summed E-state index contributed by atoms with van der Waals surface area (Å²) in [5.74, 6) is 2.07. The molecule has 3 heterocycles. The van der Waals surface area contributed by atoms with E-state index in [1.54, 1.807) is 0 Å². The Morgan fingerprint density at radius 2 is 1.09 bits per heavy atom. The molecule has 0 saturated heterocycles. The fraction of sp³-hybridized carbons (Fsp3) is 0.265. The molecule has 9 aromatic rings. The third-order valence-electron chi connectivity index (χ3n) is 15.0. The molecule has 380 valence electrons. The summed E-state index contributed by atoms with van der Waals surface area (Å²) in [5.41, 5.74) is 14.0. The molecule has 2 aromatic heterocycles. The average Bonchev–Trinajstić information content (AvgIpc) is 3.97. The second-order valence-electron chi connectivity index (χ2n) is 24.0. The van der Waals surface area contributed by atoms with E-state index in [1.165, 1.54) is 44.6 Å². The van der Waals surface area contributed by atoms with E-state index in [2.05, 4.69) is 287 Å². The number of rotatable bonds is 10. The normalized spacial score (nSPS) is 13.6. The van der Waals surface area contributed by atoms with Crippen molar-refractivity contribution in [2.75, 3.05) is 9.80 Å². The van der Waals surface area contributed by atoms with Crippen LogP contribution >= 0.6 is 0 Å². The standard InChI is InChI=1S/C68H69N4O.Pt/c1-64(2,3)50-33-34-69-63(41-50)72-60-32-29-51(67(10,11)48-25-19-15-20-26-48)40-59(60)58-31-30-56(43-61(58)72)73-57-39-52(65(4,5)6)37-54(42-57)70-44-62(66(7,8)9)71(45-70)55-36-47(46-23-17-14-18-24-46)35-53(38-55)68(12,13)49-27-21-16-22-28-49;/h14-41,44-45H,1-13H3;/q-3;. The van der Waals surface area contributed by atoms with Crippen LogP contribution in [0, 0.1) is 24.2 Å². The minimum absolute atomic E-state index is 0. The van der Waals surface area contributed by atoms with Gasteiger partial charge >= 0.3 is 0 Å². The van der Waals surface area contributed by atoms with Crippen LogP contribution in [0.5, 0.6) is 11.5 Å². The maximum Gasteiger partial charge on any atom is 0.135 e. The zero-order valence-electron chi connectivity index (χ0n) is 45.3. The molecule has 0 spiro atoms. The van der Waals surface area contributed by atoms with Crippen molar-refractivity contribution in [1.29, 1.82) is 0 Å². The van der Waals surface area contributed by atoms with Gasteiger partial charge in [0.05, 0.1) is 0 Å². The molecule has 1 aliphatic rings. The van der Waals surface area contributed by atoms with E-state index >= 15 is 0 Å². The van der Waals surface area contributed by atoms with Gasteiger partial charge in [0.2, 0.25) is 0 Å².